The number of hydrogen-bond donors (Lipinski definition) is 3. The number of rotatable bonds is 7. The minimum Gasteiger partial charge on any atom is -0.508 e. The van der Waals surface area contributed by atoms with E-state index in [9.17, 15) is 15.0 Å². The third kappa shape index (κ3) is 5.35. The van der Waals surface area contributed by atoms with E-state index in [4.69, 9.17) is 4.52 Å². The molecule has 0 saturated carbocycles. The Balaban J connectivity index is 1.73. The van der Waals surface area contributed by atoms with Crippen molar-refractivity contribution in [1.29, 1.82) is 0 Å². The van der Waals surface area contributed by atoms with E-state index in [1.807, 2.05) is 32.9 Å². The van der Waals surface area contributed by atoms with E-state index in [1.54, 1.807) is 6.07 Å². The van der Waals surface area contributed by atoms with Crippen molar-refractivity contribution in [3.05, 3.63) is 53.2 Å². The fraction of sp³-hybridized carbons (Fsp3) is 0.429. The molecule has 3 N–H and O–H groups in total. The van der Waals surface area contributed by atoms with Crippen LogP contribution in [0.25, 0.3) is 22.5 Å². The summed E-state index contributed by atoms with van der Waals surface area (Å²) in [5.74, 6) is 0.555. The van der Waals surface area contributed by atoms with Crippen LogP contribution in [0.1, 0.15) is 61.1 Å². The van der Waals surface area contributed by atoms with Crippen LogP contribution < -0.4 is 5.32 Å². The van der Waals surface area contributed by atoms with Crippen molar-refractivity contribution in [3.8, 4) is 33.9 Å². The molecule has 0 aliphatic carbocycles. The first-order valence-corrected chi connectivity index (χ1v) is 12.4. The molecule has 7 heteroatoms. The van der Waals surface area contributed by atoms with Gasteiger partial charge in [-0.3, -0.25) is 4.79 Å². The van der Waals surface area contributed by atoms with Gasteiger partial charge in [0.2, 0.25) is 0 Å². The van der Waals surface area contributed by atoms with Gasteiger partial charge in [0, 0.05) is 12.6 Å². The summed E-state index contributed by atoms with van der Waals surface area (Å²) < 4.78 is 5.66. The van der Waals surface area contributed by atoms with Crippen molar-refractivity contribution in [3.63, 3.8) is 0 Å². The maximum atomic E-state index is 12.8. The molecular formula is C28H35N3O4. The van der Waals surface area contributed by atoms with Crippen LogP contribution in [0.2, 0.25) is 0 Å². The summed E-state index contributed by atoms with van der Waals surface area (Å²) in [7, 11) is 2.17. The zero-order chi connectivity index (χ0) is 25.1. The summed E-state index contributed by atoms with van der Waals surface area (Å²) in [6.07, 6.45) is 3.44. The van der Waals surface area contributed by atoms with Crippen molar-refractivity contribution in [2.24, 2.45) is 5.92 Å². The maximum Gasteiger partial charge on any atom is 0.274 e. The Morgan fingerprint density at radius 1 is 1.14 bits per heavy atom. The number of carbonyl (C=O) groups excluding carboxylic acids is 1. The standard InChI is InChI=1S/C28H35N3O4/c1-5-29-28(34)26-25(20-8-6-18(7-9-20)14-19-10-12-31(4)13-11-19)27(35-30-26)22-15-21(17(2)3)23(32)16-24(22)33/h6-9,15-17,19,32-33H,5,10-14H2,1-4H3,(H,29,34). The number of phenolic OH excluding ortho intramolecular Hbond substituents is 2. The predicted molar refractivity (Wildman–Crippen MR) is 137 cm³/mol. The summed E-state index contributed by atoms with van der Waals surface area (Å²) in [6.45, 7) is 8.49. The molecule has 35 heavy (non-hydrogen) atoms. The van der Waals surface area contributed by atoms with Crippen LogP contribution in [0.5, 0.6) is 11.5 Å². The van der Waals surface area contributed by atoms with Crippen molar-refractivity contribution in [1.82, 2.24) is 15.4 Å². The normalized spacial score (nSPS) is 15.0. The average molecular weight is 478 g/mol. The quantitative estimate of drug-likeness (QED) is 0.434. The van der Waals surface area contributed by atoms with E-state index in [0.717, 1.165) is 25.1 Å². The molecule has 1 saturated heterocycles. The molecule has 1 amide bonds. The molecular weight excluding hydrogens is 442 g/mol. The number of likely N-dealkylation sites (tertiary alicyclic amines) is 1. The Morgan fingerprint density at radius 2 is 1.83 bits per heavy atom. The molecule has 0 radical (unpaired) electrons. The molecule has 7 nitrogen and oxygen atoms in total. The van der Waals surface area contributed by atoms with Crippen LogP contribution >= 0.6 is 0 Å². The average Bonchev–Trinajstić information content (AvgIpc) is 3.26. The molecule has 186 valence electrons. The lowest BCUT2D eigenvalue weighted by Gasteiger charge is -2.29. The van der Waals surface area contributed by atoms with E-state index in [-0.39, 0.29) is 29.0 Å². The maximum absolute atomic E-state index is 12.8. The van der Waals surface area contributed by atoms with Gasteiger partial charge in [0.15, 0.2) is 11.5 Å². The van der Waals surface area contributed by atoms with Gasteiger partial charge in [0.25, 0.3) is 5.91 Å². The SMILES string of the molecule is CCNC(=O)c1noc(-c2cc(C(C)C)c(O)cc2O)c1-c1ccc(CC2CCN(C)CC2)cc1. The number of carbonyl (C=O) groups is 1. The first-order chi connectivity index (χ1) is 16.8. The second-order valence-corrected chi connectivity index (χ2v) is 9.83. The van der Waals surface area contributed by atoms with Crippen LogP contribution in [0, 0.1) is 5.92 Å². The number of aromatic nitrogens is 1. The summed E-state index contributed by atoms with van der Waals surface area (Å²) >= 11 is 0. The number of nitrogens with zero attached hydrogens (tertiary/aromatic N) is 2. The van der Waals surface area contributed by atoms with Gasteiger partial charge in [-0.25, -0.2) is 0 Å². The molecule has 1 fully saturated rings. The third-order valence-corrected chi connectivity index (χ3v) is 6.86. The van der Waals surface area contributed by atoms with Gasteiger partial charge in [-0.2, -0.15) is 0 Å². The van der Waals surface area contributed by atoms with Gasteiger partial charge in [0.1, 0.15) is 11.5 Å². The summed E-state index contributed by atoms with van der Waals surface area (Å²) in [6, 6.07) is 11.2. The number of hydrogen-bond acceptors (Lipinski definition) is 6. The van der Waals surface area contributed by atoms with E-state index in [1.165, 1.54) is 24.5 Å². The van der Waals surface area contributed by atoms with Crippen molar-refractivity contribution in [2.75, 3.05) is 26.7 Å². The molecule has 0 bridgehead atoms. The van der Waals surface area contributed by atoms with Crippen LogP contribution in [-0.4, -0.2) is 52.9 Å². The smallest absolute Gasteiger partial charge is 0.274 e. The number of piperidine rings is 1. The van der Waals surface area contributed by atoms with Gasteiger partial charge in [-0.15, -0.1) is 0 Å². The lowest BCUT2D eigenvalue weighted by Crippen LogP contribution is -2.30. The van der Waals surface area contributed by atoms with Crippen molar-refractivity contribution in [2.45, 2.75) is 46.0 Å². The molecule has 1 aliphatic rings. The van der Waals surface area contributed by atoms with Gasteiger partial charge in [0.05, 0.1) is 11.1 Å². The highest BCUT2D eigenvalue weighted by molar-refractivity contribution is 6.02. The zero-order valence-corrected chi connectivity index (χ0v) is 21.0. The molecule has 2 aromatic carbocycles. The van der Waals surface area contributed by atoms with Crippen LogP contribution in [0.4, 0.5) is 0 Å². The van der Waals surface area contributed by atoms with Crippen LogP contribution in [0.15, 0.2) is 40.9 Å². The van der Waals surface area contributed by atoms with E-state index >= 15 is 0 Å². The molecule has 1 aliphatic heterocycles. The largest absolute Gasteiger partial charge is 0.508 e. The Kier molecular flexibility index (Phi) is 7.45. The Labute approximate surface area is 206 Å². The lowest BCUT2D eigenvalue weighted by atomic mass is 9.89. The topological polar surface area (TPSA) is 98.8 Å². The first kappa shape index (κ1) is 24.8. The van der Waals surface area contributed by atoms with E-state index in [0.29, 0.717) is 34.9 Å². The van der Waals surface area contributed by atoms with Crippen LogP contribution in [-0.2, 0) is 6.42 Å². The van der Waals surface area contributed by atoms with Gasteiger partial charge in [-0.05, 0) is 80.9 Å². The first-order valence-electron chi connectivity index (χ1n) is 12.4. The molecule has 1 aromatic heterocycles. The van der Waals surface area contributed by atoms with Gasteiger partial charge in [-0.1, -0.05) is 43.3 Å². The number of amides is 1. The van der Waals surface area contributed by atoms with E-state index in [2.05, 4.69) is 34.6 Å². The van der Waals surface area contributed by atoms with Crippen molar-refractivity contribution >= 4 is 5.91 Å². The number of phenols is 2. The monoisotopic (exact) mass is 477 g/mol. The van der Waals surface area contributed by atoms with Crippen molar-refractivity contribution < 1.29 is 19.5 Å². The highest BCUT2D eigenvalue weighted by Gasteiger charge is 2.27. The Morgan fingerprint density at radius 3 is 2.46 bits per heavy atom. The zero-order valence-electron chi connectivity index (χ0n) is 21.0. The minimum absolute atomic E-state index is 0.0181. The van der Waals surface area contributed by atoms with E-state index < -0.39 is 0 Å². The fourth-order valence-electron chi connectivity index (χ4n) is 4.79. The molecule has 0 atom stereocenters. The molecule has 0 unspecified atom stereocenters. The highest BCUT2D eigenvalue weighted by Crippen LogP contribution is 2.43. The number of nitrogens with one attached hydrogen (secondary N) is 1. The molecule has 4 rings (SSSR count). The summed E-state index contributed by atoms with van der Waals surface area (Å²) in [4.78, 5) is 15.2. The fourth-order valence-corrected chi connectivity index (χ4v) is 4.79. The second-order valence-electron chi connectivity index (χ2n) is 9.83. The van der Waals surface area contributed by atoms with Gasteiger partial charge < -0.3 is 25.0 Å². The number of benzene rings is 2. The summed E-state index contributed by atoms with van der Waals surface area (Å²) in [5.41, 5.74) is 3.80. The Bertz CT molecular complexity index is 1180. The lowest BCUT2D eigenvalue weighted by molar-refractivity contribution is 0.0947. The molecule has 3 aromatic rings. The molecule has 2 heterocycles. The third-order valence-electron chi connectivity index (χ3n) is 6.86. The summed E-state index contributed by atoms with van der Waals surface area (Å²) in [5, 5.41) is 27.8. The van der Waals surface area contributed by atoms with Crippen LogP contribution in [0.3, 0.4) is 0 Å². The van der Waals surface area contributed by atoms with Gasteiger partial charge >= 0.3 is 0 Å². The Hall–Kier alpha value is -3.32. The second kappa shape index (κ2) is 10.5. The molecule has 0 spiro atoms. The predicted octanol–water partition coefficient (Wildman–Crippen LogP) is 5.18. The highest BCUT2D eigenvalue weighted by atomic mass is 16.5. The minimum atomic E-state index is -0.338. The number of aromatic hydroxyl groups is 2.